The van der Waals surface area contributed by atoms with E-state index < -0.39 is 0 Å². The van der Waals surface area contributed by atoms with E-state index >= 15 is 0 Å². The van der Waals surface area contributed by atoms with Gasteiger partial charge in [-0.25, -0.2) is 9.97 Å². The van der Waals surface area contributed by atoms with Crippen LogP contribution in [0.15, 0.2) is 11.2 Å². The van der Waals surface area contributed by atoms with Crippen molar-refractivity contribution in [2.75, 3.05) is 18.6 Å². The van der Waals surface area contributed by atoms with Crippen LogP contribution in [0.4, 0.5) is 5.82 Å². The van der Waals surface area contributed by atoms with Gasteiger partial charge in [-0.3, -0.25) is 0 Å². The molecule has 0 aliphatic carbocycles. The van der Waals surface area contributed by atoms with Crippen molar-refractivity contribution in [3.05, 3.63) is 11.8 Å². The van der Waals surface area contributed by atoms with Crippen LogP contribution in [0.25, 0.3) is 0 Å². The van der Waals surface area contributed by atoms with Gasteiger partial charge in [0.25, 0.3) is 0 Å². The fourth-order valence-electron chi connectivity index (χ4n) is 1.12. The van der Waals surface area contributed by atoms with E-state index in [-0.39, 0.29) is 5.60 Å². The van der Waals surface area contributed by atoms with Crippen molar-refractivity contribution in [2.24, 2.45) is 0 Å². The lowest BCUT2D eigenvalue weighted by Gasteiger charge is -2.22. The second-order valence-electron chi connectivity index (χ2n) is 4.28. The van der Waals surface area contributed by atoms with Crippen molar-refractivity contribution in [1.29, 1.82) is 0 Å². The number of methoxy groups -OCH3 is 1. The Balaban J connectivity index is 2.49. The highest BCUT2D eigenvalue weighted by Crippen LogP contribution is 2.21. The highest BCUT2D eigenvalue weighted by atomic mass is 32.2. The van der Waals surface area contributed by atoms with Gasteiger partial charge in [-0.2, -0.15) is 0 Å². The molecule has 90 valence electrons. The first-order valence-corrected chi connectivity index (χ1v) is 6.20. The maximum atomic E-state index is 5.65. The highest BCUT2D eigenvalue weighted by molar-refractivity contribution is 7.99. The predicted molar refractivity (Wildman–Crippen MR) is 67.6 cm³/mol. The summed E-state index contributed by atoms with van der Waals surface area (Å²) in [6.07, 6.45) is 0.950. The highest BCUT2D eigenvalue weighted by Gasteiger charge is 2.16. The molecule has 0 aliphatic heterocycles. The molecule has 0 fully saturated rings. The number of nitrogens with two attached hydrogens (primary N) is 1. The Bertz CT molecular complexity index is 335. The first kappa shape index (κ1) is 13.3. The van der Waals surface area contributed by atoms with Crippen molar-refractivity contribution in [3.63, 3.8) is 0 Å². The minimum atomic E-state index is -0.0949. The van der Waals surface area contributed by atoms with Crippen LogP contribution in [-0.2, 0) is 4.74 Å². The molecule has 1 rings (SSSR count). The van der Waals surface area contributed by atoms with Crippen LogP contribution in [0.3, 0.4) is 0 Å². The molecule has 0 aromatic carbocycles. The van der Waals surface area contributed by atoms with Gasteiger partial charge >= 0.3 is 0 Å². The van der Waals surface area contributed by atoms with Crippen LogP contribution in [0.5, 0.6) is 0 Å². The minimum Gasteiger partial charge on any atom is -0.384 e. The van der Waals surface area contributed by atoms with E-state index in [9.17, 15) is 0 Å². The van der Waals surface area contributed by atoms with Gasteiger partial charge in [-0.05, 0) is 27.2 Å². The maximum absolute atomic E-state index is 5.65. The van der Waals surface area contributed by atoms with E-state index in [1.54, 1.807) is 24.9 Å². The zero-order chi connectivity index (χ0) is 12.2. The van der Waals surface area contributed by atoms with Gasteiger partial charge in [-0.1, -0.05) is 11.8 Å². The molecule has 0 aliphatic rings. The first-order chi connectivity index (χ1) is 7.43. The summed E-state index contributed by atoms with van der Waals surface area (Å²) in [5, 5.41) is 0.740. The summed E-state index contributed by atoms with van der Waals surface area (Å²) >= 11 is 1.61. The number of aryl methyl sites for hydroxylation is 1. The Morgan fingerprint density at radius 3 is 2.69 bits per heavy atom. The number of hydrogen-bond acceptors (Lipinski definition) is 5. The van der Waals surface area contributed by atoms with Gasteiger partial charge < -0.3 is 10.5 Å². The lowest BCUT2D eigenvalue weighted by Crippen LogP contribution is -2.23. The third-order valence-electron chi connectivity index (χ3n) is 2.34. The maximum Gasteiger partial charge on any atom is 0.189 e. The van der Waals surface area contributed by atoms with Crippen LogP contribution >= 0.6 is 11.8 Å². The van der Waals surface area contributed by atoms with E-state index in [1.165, 1.54) is 0 Å². The fourth-order valence-corrected chi connectivity index (χ4v) is 2.27. The molecule has 0 bridgehead atoms. The number of thioether (sulfide) groups is 1. The van der Waals surface area contributed by atoms with Gasteiger partial charge in [0, 0.05) is 24.6 Å². The quantitative estimate of drug-likeness (QED) is 0.633. The average molecular weight is 241 g/mol. The Hall–Kier alpha value is -0.810. The van der Waals surface area contributed by atoms with Gasteiger partial charge in [0.2, 0.25) is 0 Å². The standard InChI is InChI=1S/C11H19N3OS/c1-8-7-9(12)14-10(13-8)16-6-5-11(2,3)15-4/h7H,5-6H2,1-4H3,(H2,12,13,14). The Morgan fingerprint density at radius 2 is 2.12 bits per heavy atom. The van der Waals surface area contributed by atoms with E-state index in [0.717, 1.165) is 23.0 Å². The fraction of sp³-hybridized carbons (Fsp3) is 0.636. The minimum absolute atomic E-state index is 0.0949. The van der Waals surface area contributed by atoms with E-state index in [2.05, 4.69) is 23.8 Å². The number of rotatable bonds is 5. The number of aromatic nitrogens is 2. The van der Waals surface area contributed by atoms with E-state index in [1.807, 2.05) is 6.92 Å². The van der Waals surface area contributed by atoms with Crippen LogP contribution in [0, 0.1) is 6.92 Å². The normalized spacial score (nSPS) is 11.8. The molecule has 0 saturated carbocycles. The summed E-state index contributed by atoms with van der Waals surface area (Å²) in [4.78, 5) is 8.48. The molecule has 0 amide bonds. The molecule has 0 unspecified atom stereocenters. The summed E-state index contributed by atoms with van der Waals surface area (Å²) < 4.78 is 5.34. The molecule has 0 atom stereocenters. The molecular weight excluding hydrogens is 222 g/mol. The SMILES string of the molecule is COC(C)(C)CCSc1nc(C)cc(N)n1. The van der Waals surface area contributed by atoms with Crippen LogP contribution in [0.1, 0.15) is 26.0 Å². The summed E-state index contributed by atoms with van der Waals surface area (Å²) in [6, 6.07) is 1.77. The largest absolute Gasteiger partial charge is 0.384 e. The van der Waals surface area contributed by atoms with Gasteiger partial charge in [0.15, 0.2) is 5.16 Å². The summed E-state index contributed by atoms with van der Waals surface area (Å²) in [7, 11) is 1.73. The van der Waals surface area contributed by atoms with Gasteiger partial charge in [0.1, 0.15) is 5.82 Å². The zero-order valence-electron chi connectivity index (χ0n) is 10.3. The van der Waals surface area contributed by atoms with Crippen LogP contribution in [-0.4, -0.2) is 28.4 Å². The monoisotopic (exact) mass is 241 g/mol. The summed E-state index contributed by atoms with van der Waals surface area (Å²) in [5.74, 6) is 1.45. The Morgan fingerprint density at radius 1 is 1.44 bits per heavy atom. The van der Waals surface area contributed by atoms with Crippen LogP contribution < -0.4 is 5.73 Å². The molecular formula is C11H19N3OS. The molecule has 4 nitrogen and oxygen atoms in total. The van der Waals surface area contributed by atoms with E-state index in [0.29, 0.717) is 5.82 Å². The molecule has 0 radical (unpaired) electrons. The van der Waals surface area contributed by atoms with Crippen molar-refractivity contribution in [1.82, 2.24) is 9.97 Å². The molecule has 0 saturated heterocycles. The molecule has 0 spiro atoms. The number of anilines is 1. The summed E-state index contributed by atoms with van der Waals surface area (Å²) in [6.45, 7) is 6.05. The first-order valence-electron chi connectivity index (χ1n) is 5.22. The van der Waals surface area contributed by atoms with E-state index in [4.69, 9.17) is 10.5 Å². The van der Waals surface area contributed by atoms with Gasteiger partial charge in [0.05, 0.1) is 5.60 Å². The average Bonchev–Trinajstić information content (AvgIpc) is 2.16. The lowest BCUT2D eigenvalue weighted by atomic mass is 10.1. The van der Waals surface area contributed by atoms with Crippen LogP contribution in [0.2, 0.25) is 0 Å². The topological polar surface area (TPSA) is 61.0 Å². The van der Waals surface area contributed by atoms with Crippen molar-refractivity contribution < 1.29 is 4.74 Å². The molecule has 1 heterocycles. The third kappa shape index (κ3) is 4.37. The van der Waals surface area contributed by atoms with Crippen molar-refractivity contribution >= 4 is 17.6 Å². The molecule has 1 aromatic heterocycles. The number of hydrogen-bond donors (Lipinski definition) is 1. The van der Waals surface area contributed by atoms with Crippen molar-refractivity contribution in [2.45, 2.75) is 37.9 Å². The predicted octanol–water partition coefficient (Wildman–Crippen LogP) is 2.27. The molecule has 1 aromatic rings. The summed E-state index contributed by atoms with van der Waals surface area (Å²) in [5.41, 5.74) is 6.46. The lowest BCUT2D eigenvalue weighted by molar-refractivity contribution is 0.0206. The number of ether oxygens (including phenoxy) is 1. The third-order valence-corrected chi connectivity index (χ3v) is 3.19. The van der Waals surface area contributed by atoms with Gasteiger partial charge in [-0.15, -0.1) is 0 Å². The Kier molecular flexibility index (Phi) is 4.56. The molecule has 2 N–H and O–H groups in total. The Labute approximate surface area is 101 Å². The second-order valence-corrected chi connectivity index (χ2v) is 5.34. The molecule has 5 heteroatoms. The smallest absolute Gasteiger partial charge is 0.189 e. The number of nitrogen functional groups attached to an aromatic ring is 1. The zero-order valence-corrected chi connectivity index (χ0v) is 11.1. The molecule has 16 heavy (non-hydrogen) atoms. The second kappa shape index (κ2) is 5.50. The number of nitrogens with zero attached hydrogens (tertiary/aromatic N) is 2. The van der Waals surface area contributed by atoms with Crippen molar-refractivity contribution in [3.8, 4) is 0 Å².